The number of rotatable bonds is 8. The maximum atomic E-state index is 13.5. The van der Waals surface area contributed by atoms with Crippen LogP contribution in [0.15, 0.2) is 72.8 Å². The van der Waals surface area contributed by atoms with E-state index < -0.39 is 6.03 Å². The molecule has 2 aliphatic rings. The second-order valence-corrected chi connectivity index (χ2v) is 10.5. The Hall–Kier alpha value is -4.57. The zero-order valence-electron chi connectivity index (χ0n) is 23.8. The van der Waals surface area contributed by atoms with Crippen LogP contribution < -0.4 is 25.4 Å². The number of fused-ring (bicyclic) bond motifs is 2. The monoisotopic (exact) mass is 572 g/mol. The van der Waals surface area contributed by atoms with E-state index in [1.54, 1.807) is 61.5 Å². The number of methoxy groups -OCH3 is 1. The molecular formula is C32H36N4O6. The summed E-state index contributed by atoms with van der Waals surface area (Å²) in [6, 6.07) is 21.4. The number of nitrogens with one attached hydrogen (secondary N) is 3. The smallest absolute Gasteiger partial charge is 0.323 e. The van der Waals surface area contributed by atoms with Crippen molar-refractivity contribution in [3.05, 3.63) is 83.9 Å². The van der Waals surface area contributed by atoms with E-state index in [4.69, 9.17) is 14.2 Å². The molecule has 3 atom stereocenters. The van der Waals surface area contributed by atoms with Crippen molar-refractivity contribution in [3.8, 4) is 11.5 Å². The first-order valence-corrected chi connectivity index (χ1v) is 14.1. The molecule has 10 nitrogen and oxygen atoms in total. The fraction of sp³-hybridized carbons (Fsp3) is 0.344. The Bertz CT molecular complexity index is 1420. The van der Waals surface area contributed by atoms with Gasteiger partial charge >= 0.3 is 6.03 Å². The third kappa shape index (κ3) is 7.19. The molecule has 0 radical (unpaired) electrons. The van der Waals surface area contributed by atoms with Gasteiger partial charge in [0.15, 0.2) is 0 Å². The zero-order valence-corrected chi connectivity index (χ0v) is 23.8. The molecule has 2 aliphatic heterocycles. The van der Waals surface area contributed by atoms with E-state index in [1.165, 1.54) is 5.56 Å². The summed E-state index contributed by atoms with van der Waals surface area (Å²) in [7, 11) is 3.31. The van der Waals surface area contributed by atoms with E-state index in [2.05, 4.69) is 16.0 Å². The fourth-order valence-corrected chi connectivity index (χ4v) is 5.37. The lowest BCUT2D eigenvalue weighted by molar-refractivity contribution is -0.134. The number of benzene rings is 3. The Morgan fingerprint density at radius 1 is 0.976 bits per heavy atom. The molecule has 0 aromatic heterocycles. The van der Waals surface area contributed by atoms with Crippen LogP contribution in [0.25, 0.3) is 0 Å². The van der Waals surface area contributed by atoms with Gasteiger partial charge in [0.2, 0.25) is 5.91 Å². The number of hydrogen-bond donors (Lipinski definition) is 3. The van der Waals surface area contributed by atoms with Crippen LogP contribution in [0.1, 0.15) is 35.2 Å². The molecule has 0 spiro atoms. The van der Waals surface area contributed by atoms with Crippen LogP contribution in [0.2, 0.25) is 0 Å². The lowest BCUT2D eigenvalue weighted by Gasteiger charge is -2.42. The van der Waals surface area contributed by atoms with Crippen molar-refractivity contribution in [2.24, 2.45) is 0 Å². The number of urea groups is 1. The second kappa shape index (κ2) is 13.4. The van der Waals surface area contributed by atoms with E-state index in [-0.39, 0.29) is 43.1 Å². The van der Waals surface area contributed by atoms with Crippen LogP contribution in [-0.2, 0) is 16.0 Å². The minimum atomic E-state index is -0.452. The Balaban J connectivity index is 1.17. The molecule has 3 N–H and O–H groups in total. The van der Waals surface area contributed by atoms with Crippen molar-refractivity contribution in [1.82, 2.24) is 10.2 Å². The highest BCUT2D eigenvalue weighted by Gasteiger charge is 2.39. The largest absolute Gasteiger partial charge is 0.497 e. The standard InChI is InChI=1S/C32H36N4O6/c1-36-27-13-12-25(19-30(37)33-16-15-21-7-4-3-5-8-21)42-29(27)20-41-28-14-11-23(18-26(28)31(36)38)35-32(39)34-22-9-6-10-24(17-22)40-2/h3-11,14,17-18,25,27,29H,12-13,15-16,19-20H2,1-2H3,(H,33,37)(H2,34,35,39)/t25-,27-,29-/m1/s1. The Labute approximate surface area is 245 Å². The quantitative estimate of drug-likeness (QED) is 0.367. The second-order valence-electron chi connectivity index (χ2n) is 10.5. The summed E-state index contributed by atoms with van der Waals surface area (Å²) in [6.45, 7) is 0.808. The lowest BCUT2D eigenvalue weighted by Crippen LogP contribution is -2.54. The summed E-state index contributed by atoms with van der Waals surface area (Å²) in [5, 5.41) is 8.52. The predicted octanol–water partition coefficient (Wildman–Crippen LogP) is 4.47. The Morgan fingerprint density at radius 2 is 1.76 bits per heavy atom. The van der Waals surface area contributed by atoms with Gasteiger partial charge in [0.05, 0.1) is 31.2 Å². The Morgan fingerprint density at radius 3 is 2.55 bits per heavy atom. The molecule has 1 saturated heterocycles. The van der Waals surface area contributed by atoms with E-state index in [1.807, 2.05) is 30.3 Å². The van der Waals surface area contributed by atoms with Crippen molar-refractivity contribution in [2.75, 3.05) is 37.9 Å². The van der Waals surface area contributed by atoms with Crippen molar-refractivity contribution in [2.45, 2.75) is 43.9 Å². The van der Waals surface area contributed by atoms with E-state index in [0.717, 1.165) is 6.42 Å². The van der Waals surface area contributed by atoms with E-state index in [9.17, 15) is 14.4 Å². The molecule has 0 aliphatic carbocycles. The van der Waals surface area contributed by atoms with Gasteiger partial charge in [0.1, 0.15) is 24.2 Å². The highest BCUT2D eigenvalue weighted by Crippen LogP contribution is 2.32. The molecule has 42 heavy (non-hydrogen) atoms. The summed E-state index contributed by atoms with van der Waals surface area (Å²) in [4.78, 5) is 40.4. The van der Waals surface area contributed by atoms with Gasteiger partial charge in [0.25, 0.3) is 5.91 Å². The highest BCUT2D eigenvalue weighted by molar-refractivity contribution is 6.02. The number of ether oxygens (including phenoxy) is 3. The Kier molecular flexibility index (Phi) is 9.23. The van der Waals surface area contributed by atoms with Crippen LogP contribution in [0, 0.1) is 0 Å². The van der Waals surface area contributed by atoms with Crippen molar-refractivity contribution >= 4 is 29.2 Å². The molecule has 5 rings (SSSR count). The fourth-order valence-electron chi connectivity index (χ4n) is 5.37. The van der Waals surface area contributed by atoms with Gasteiger partial charge in [-0.2, -0.15) is 0 Å². The number of carbonyl (C=O) groups is 3. The lowest BCUT2D eigenvalue weighted by atomic mass is 9.94. The third-order valence-corrected chi connectivity index (χ3v) is 7.59. The normalized spacial score (nSPS) is 19.7. The van der Waals surface area contributed by atoms with Gasteiger partial charge in [-0.3, -0.25) is 9.59 Å². The first kappa shape index (κ1) is 28.9. The van der Waals surface area contributed by atoms with Crippen molar-refractivity contribution < 1.29 is 28.6 Å². The minimum absolute atomic E-state index is 0.0496. The average molecular weight is 573 g/mol. The van der Waals surface area contributed by atoms with Crippen molar-refractivity contribution in [3.63, 3.8) is 0 Å². The predicted molar refractivity (Wildman–Crippen MR) is 159 cm³/mol. The zero-order chi connectivity index (χ0) is 29.5. The first-order chi connectivity index (χ1) is 20.4. The van der Waals surface area contributed by atoms with Gasteiger partial charge in [0, 0.05) is 31.0 Å². The summed E-state index contributed by atoms with van der Waals surface area (Å²) in [5.41, 5.74) is 2.56. The van der Waals surface area contributed by atoms with Gasteiger partial charge in [-0.05, 0) is 55.2 Å². The van der Waals surface area contributed by atoms with Crippen LogP contribution in [0.4, 0.5) is 16.2 Å². The summed E-state index contributed by atoms with van der Waals surface area (Å²) >= 11 is 0. The SMILES string of the molecule is COc1cccc(NC(=O)Nc2ccc3c(c2)C(=O)N(C)[C@@H]2CC[C@H](CC(=O)NCCc4ccccc4)O[C@@H]2CO3)c1. The third-order valence-electron chi connectivity index (χ3n) is 7.59. The molecular weight excluding hydrogens is 536 g/mol. The van der Waals surface area contributed by atoms with Gasteiger partial charge in [-0.1, -0.05) is 36.4 Å². The number of carbonyl (C=O) groups excluding carboxylic acids is 3. The molecule has 0 saturated carbocycles. The van der Waals surface area contributed by atoms with Gasteiger partial charge in [-0.25, -0.2) is 4.79 Å². The molecule has 3 aromatic carbocycles. The van der Waals surface area contributed by atoms with Crippen LogP contribution in [-0.4, -0.2) is 68.3 Å². The van der Waals surface area contributed by atoms with Crippen LogP contribution in [0.3, 0.4) is 0 Å². The summed E-state index contributed by atoms with van der Waals surface area (Å²) in [6.07, 6.45) is 1.77. The van der Waals surface area contributed by atoms with E-state index in [0.29, 0.717) is 47.8 Å². The van der Waals surface area contributed by atoms with Crippen molar-refractivity contribution in [1.29, 1.82) is 0 Å². The number of likely N-dealkylation sites (N-methyl/N-ethyl adjacent to an activating group) is 1. The molecule has 2 heterocycles. The molecule has 10 heteroatoms. The molecule has 4 amide bonds. The van der Waals surface area contributed by atoms with Gasteiger partial charge in [-0.15, -0.1) is 0 Å². The topological polar surface area (TPSA) is 118 Å². The molecule has 220 valence electrons. The molecule has 1 fully saturated rings. The van der Waals surface area contributed by atoms with Gasteiger partial charge < -0.3 is 35.1 Å². The van der Waals surface area contributed by atoms with Crippen LogP contribution >= 0.6 is 0 Å². The molecule has 3 aromatic rings. The molecule has 0 unspecified atom stereocenters. The number of hydrogen-bond acceptors (Lipinski definition) is 6. The van der Waals surface area contributed by atoms with Crippen LogP contribution in [0.5, 0.6) is 11.5 Å². The van der Waals surface area contributed by atoms with E-state index >= 15 is 0 Å². The number of nitrogens with zero attached hydrogens (tertiary/aromatic N) is 1. The maximum absolute atomic E-state index is 13.5. The highest BCUT2D eigenvalue weighted by atomic mass is 16.5. The maximum Gasteiger partial charge on any atom is 0.323 e. The summed E-state index contributed by atoms with van der Waals surface area (Å²) in [5.74, 6) is 0.759. The average Bonchev–Trinajstić information content (AvgIpc) is 3.00. The molecule has 0 bridgehead atoms. The summed E-state index contributed by atoms with van der Waals surface area (Å²) < 4.78 is 17.5. The number of anilines is 2. The first-order valence-electron chi connectivity index (χ1n) is 14.1. The minimum Gasteiger partial charge on any atom is -0.497 e. The number of amides is 4.